The number of hydrogen-bond acceptors (Lipinski definition) is 2. The zero-order valence-electron chi connectivity index (χ0n) is 11.1. The summed E-state index contributed by atoms with van der Waals surface area (Å²) in [5, 5.41) is 2.98. The lowest BCUT2D eigenvalue weighted by atomic mass is 10.1. The van der Waals surface area contributed by atoms with E-state index in [9.17, 15) is 13.6 Å². The van der Waals surface area contributed by atoms with Crippen LogP contribution in [0.4, 0.5) is 14.5 Å². The average molecular weight is 312 g/mol. The van der Waals surface area contributed by atoms with Crippen LogP contribution in [0.3, 0.4) is 0 Å². The molecule has 0 radical (unpaired) electrons. The lowest BCUT2D eigenvalue weighted by molar-refractivity contribution is -0.0493. The van der Waals surface area contributed by atoms with E-state index in [4.69, 9.17) is 11.6 Å². The van der Waals surface area contributed by atoms with Gasteiger partial charge in [0.05, 0.1) is 5.69 Å². The number of benzene rings is 2. The molecular weight excluding hydrogens is 300 g/mol. The Kier molecular flexibility index (Phi) is 4.75. The van der Waals surface area contributed by atoms with Crippen molar-refractivity contribution in [3.05, 3.63) is 58.6 Å². The fourth-order valence-electron chi connectivity index (χ4n) is 1.70. The van der Waals surface area contributed by atoms with Crippen molar-refractivity contribution in [1.82, 2.24) is 0 Å². The molecule has 2 rings (SSSR count). The minimum Gasteiger partial charge on any atom is -0.433 e. The maximum Gasteiger partial charge on any atom is 0.387 e. The highest BCUT2D eigenvalue weighted by Gasteiger charge is 2.13. The molecule has 0 unspecified atom stereocenters. The van der Waals surface area contributed by atoms with E-state index in [1.807, 2.05) is 6.92 Å². The normalized spacial score (nSPS) is 10.5. The fourth-order valence-corrected chi connectivity index (χ4v) is 1.88. The number of para-hydroxylation sites is 2. The Bertz CT molecular complexity index is 662. The summed E-state index contributed by atoms with van der Waals surface area (Å²) in [6.07, 6.45) is 0. The van der Waals surface area contributed by atoms with E-state index in [0.717, 1.165) is 5.56 Å². The second-order valence-corrected chi connectivity index (χ2v) is 4.70. The van der Waals surface area contributed by atoms with Gasteiger partial charge >= 0.3 is 6.61 Å². The van der Waals surface area contributed by atoms with Crippen LogP contribution in [-0.4, -0.2) is 12.5 Å². The van der Waals surface area contributed by atoms with Crippen LogP contribution in [0.5, 0.6) is 5.75 Å². The molecule has 3 nitrogen and oxygen atoms in total. The lowest BCUT2D eigenvalue weighted by Gasteiger charge is -2.12. The third-order valence-corrected chi connectivity index (χ3v) is 3.19. The number of hydrogen-bond donors (Lipinski definition) is 1. The molecule has 0 aliphatic rings. The summed E-state index contributed by atoms with van der Waals surface area (Å²) in [5.74, 6) is -0.554. The average Bonchev–Trinajstić information content (AvgIpc) is 2.43. The van der Waals surface area contributed by atoms with Gasteiger partial charge in [-0.1, -0.05) is 29.8 Å². The van der Waals surface area contributed by atoms with Gasteiger partial charge in [0.2, 0.25) is 0 Å². The van der Waals surface area contributed by atoms with Crippen molar-refractivity contribution in [2.24, 2.45) is 0 Å². The molecule has 0 aromatic heterocycles. The van der Waals surface area contributed by atoms with Gasteiger partial charge in [0.15, 0.2) is 0 Å². The molecular formula is C15H12ClF2NO2. The smallest absolute Gasteiger partial charge is 0.387 e. The summed E-state index contributed by atoms with van der Waals surface area (Å²) in [6.45, 7) is -1.15. The topological polar surface area (TPSA) is 38.3 Å². The summed E-state index contributed by atoms with van der Waals surface area (Å²) < 4.78 is 29.0. The molecule has 0 atom stereocenters. The first-order valence-corrected chi connectivity index (χ1v) is 6.46. The molecule has 0 heterocycles. The van der Waals surface area contributed by atoms with Gasteiger partial charge in [-0.05, 0) is 36.8 Å². The van der Waals surface area contributed by atoms with Crippen molar-refractivity contribution in [1.29, 1.82) is 0 Å². The van der Waals surface area contributed by atoms with Crippen LogP contribution in [0.15, 0.2) is 42.5 Å². The van der Waals surface area contributed by atoms with Gasteiger partial charge in [0.25, 0.3) is 5.91 Å². The largest absolute Gasteiger partial charge is 0.433 e. The number of aryl methyl sites for hydroxylation is 1. The van der Waals surface area contributed by atoms with E-state index in [2.05, 4.69) is 10.1 Å². The second kappa shape index (κ2) is 6.54. The molecule has 0 spiro atoms. The first kappa shape index (κ1) is 15.3. The van der Waals surface area contributed by atoms with E-state index in [0.29, 0.717) is 10.6 Å². The van der Waals surface area contributed by atoms with Gasteiger partial charge in [-0.2, -0.15) is 8.78 Å². The number of rotatable bonds is 4. The zero-order chi connectivity index (χ0) is 15.4. The molecule has 0 saturated carbocycles. The molecule has 0 aliphatic carbocycles. The van der Waals surface area contributed by atoms with Crippen LogP contribution in [0.25, 0.3) is 0 Å². The van der Waals surface area contributed by atoms with Crippen LogP contribution in [-0.2, 0) is 0 Å². The quantitative estimate of drug-likeness (QED) is 0.902. The van der Waals surface area contributed by atoms with Gasteiger partial charge in [-0.15, -0.1) is 0 Å². The highest BCUT2D eigenvalue weighted by Crippen LogP contribution is 2.26. The van der Waals surface area contributed by atoms with Crippen molar-refractivity contribution < 1.29 is 18.3 Å². The molecule has 1 amide bonds. The number of alkyl halides is 2. The molecule has 2 aromatic carbocycles. The van der Waals surface area contributed by atoms with Crippen molar-refractivity contribution in [3.8, 4) is 5.75 Å². The Hall–Kier alpha value is -2.14. The van der Waals surface area contributed by atoms with E-state index in [1.165, 1.54) is 24.3 Å². The molecule has 0 bridgehead atoms. The van der Waals surface area contributed by atoms with E-state index in [-0.39, 0.29) is 11.4 Å². The van der Waals surface area contributed by atoms with Crippen molar-refractivity contribution in [2.75, 3.05) is 5.32 Å². The summed E-state index contributed by atoms with van der Waals surface area (Å²) in [5.41, 5.74) is 1.34. The highest BCUT2D eigenvalue weighted by atomic mass is 35.5. The summed E-state index contributed by atoms with van der Waals surface area (Å²) in [4.78, 5) is 12.1. The Labute approximate surface area is 125 Å². The third kappa shape index (κ3) is 3.92. The first-order chi connectivity index (χ1) is 9.97. The molecule has 6 heteroatoms. The third-order valence-electron chi connectivity index (χ3n) is 2.79. The van der Waals surface area contributed by atoms with Crippen LogP contribution < -0.4 is 10.1 Å². The minimum absolute atomic E-state index is 0.0981. The summed E-state index contributed by atoms with van der Waals surface area (Å²) >= 11 is 5.96. The molecule has 2 aromatic rings. The number of amides is 1. The lowest BCUT2D eigenvalue weighted by Crippen LogP contribution is -2.14. The van der Waals surface area contributed by atoms with Gasteiger partial charge < -0.3 is 10.1 Å². The van der Waals surface area contributed by atoms with Crippen molar-refractivity contribution in [3.63, 3.8) is 0 Å². The van der Waals surface area contributed by atoms with E-state index < -0.39 is 12.5 Å². The van der Waals surface area contributed by atoms with E-state index >= 15 is 0 Å². The Morgan fingerprint density at radius 2 is 1.95 bits per heavy atom. The van der Waals surface area contributed by atoms with Crippen molar-refractivity contribution >= 4 is 23.2 Å². The highest BCUT2D eigenvalue weighted by molar-refractivity contribution is 6.31. The van der Waals surface area contributed by atoms with Crippen molar-refractivity contribution in [2.45, 2.75) is 13.5 Å². The monoisotopic (exact) mass is 311 g/mol. The predicted octanol–water partition coefficient (Wildman–Crippen LogP) is 4.50. The van der Waals surface area contributed by atoms with Crippen LogP contribution in [0.2, 0.25) is 5.02 Å². The number of anilines is 1. The number of halogens is 3. The van der Waals surface area contributed by atoms with Crippen LogP contribution in [0, 0.1) is 6.92 Å². The van der Waals surface area contributed by atoms with Gasteiger partial charge in [-0.3, -0.25) is 4.79 Å². The molecule has 110 valence electrons. The number of carbonyl (C=O) groups excluding carboxylic acids is 1. The number of ether oxygens (including phenoxy) is 1. The molecule has 21 heavy (non-hydrogen) atoms. The molecule has 1 N–H and O–H groups in total. The maximum absolute atomic E-state index is 12.3. The standard InChI is InChI=1S/C15H12ClF2NO2/c1-9-6-7-10(8-11(9)16)14(20)19-12-4-2-3-5-13(12)21-15(17)18/h2-8,15H,1H3,(H,19,20). The molecule has 0 fully saturated rings. The Balaban J connectivity index is 2.21. The Morgan fingerprint density at radius 1 is 1.24 bits per heavy atom. The Morgan fingerprint density at radius 3 is 2.62 bits per heavy atom. The second-order valence-electron chi connectivity index (χ2n) is 4.29. The predicted molar refractivity (Wildman–Crippen MR) is 77.2 cm³/mol. The molecule has 0 aliphatic heterocycles. The van der Waals surface area contributed by atoms with Gasteiger partial charge in [0, 0.05) is 10.6 Å². The van der Waals surface area contributed by atoms with Crippen LogP contribution in [0.1, 0.15) is 15.9 Å². The van der Waals surface area contributed by atoms with Gasteiger partial charge in [0.1, 0.15) is 5.75 Å². The first-order valence-electron chi connectivity index (χ1n) is 6.08. The van der Waals surface area contributed by atoms with Gasteiger partial charge in [-0.25, -0.2) is 0 Å². The molecule has 0 saturated heterocycles. The summed E-state index contributed by atoms with van der Waals surface area (Å²) in [7, 11) is 0. The minimum atomic E-state index is -2.96. The zero-order valence-corrected chi connectivity index (χ0v) is 11.8. The maximum atomic E-state index is 12.3. The SMILES string of the molecule is Cc1ccc(C(=O)Nc2ccccc2OC(F)F)cc1Cl. The number of carbonyl (C=O) groups is 1. The summed E-state index contributed by atoms with van der Waals surface area (Å²) in [6, 6.07) is 10.8. The fraction of sp³-hybridized carbons (Fsp3) is 0.133. The number of nitrogens with one attached hydrogen (secondary N) is 1. The van der Waals surface area contributed by atoms with E-state index in [1.54, 1.807) is 18.2 Å². The van der Waals surface area contributed by atoms with Crippen LogP contribution >= 0.6 is 11.6 Å².